The second kappa shape index (κ2) is 5.78. The van der Waals surface area contributed by atoms with E-state index in [1.807, 2.05) is 13.1 Å². The van der Waals surface area contributed by atoms with Gasteiger partial charge in [-0.05, 0) is 32.4 Å². The van der Waals surface area contributed by atoms with Crippen molar-refractivity contribution < 1.29 is 0 Å². The number of hydrogen-bond acceptors (Lipinski definition) is 5. The molecule has 5 heteroatoms. The number of anilines is 1. The van der Waals surface area contributed by atoms with Crippen LogP contribution in [0.25, 0.3) is 0 Å². The first-order valence-corrected chi connectivity index (χ1v) is 6.31. The van der Waals surface area contributed by atoms with E-state index in [1.54, 1.807) is 6.07 Å². The average molecular weight is 245 g/mol. The summed E-state index contributed by atoms with van der Waals surface area (Å²) in [5, 5.41) is 8.83. The Morgan fingerprint density at radius 3 is 3.11 bits per heavy atom. The van der Waals surface area contributed by atoms with Crippen LogP contribution in [0.1, 0.15) is 18.5 Å². The van der Waals surface area contributed by atoms with E-state index in [0.717, 1.165) is 18.9 Å². The van der Waals surface area contributed by atoms with Gasteiger partial charge in [-0.3, -0.25) is 0 Å². The molecule has 1 aliphatic heterocycles. The van der Waals surface area contributed by atoms with Crippen molar-refractivity contribution in [2.24, 2.45) is 5.92 Å². The Labute approximate surface area is 108 Å². The quantitative estimate of drug-likeness (QED) is 0.799. The molecule has 1 saturated heterocycles. The summed E-state index contributed by atoms with van der Waals surface area (Å²) in [7, 11) is 4.20. The zero-order valence-electron chi connectivity index (χ0n) is 11.0. The highest BCUT2D eigenvalue weighted by atomic mass is 15.2. The molecule has 0 radical (unpaired) electrons. The molecule has 1 aromatic heterocycles. The van der Waals surface area contributed by atoms with Crippen molar-refractivity contribution in [3.05, 3.63) is 18.1 Å². The molecule has 18 heavy (non-hydrogen) atoms. The molecule has 0 saturated carbocycles. The molecule has 1 unspecified atom stereocenters. The predicted molar refractivity (Wildman–Crippen MR) is 70.2 cm³/mol. The van der Waals surface area contributed by atoms with E-state index in [9.17, 15) is 0 Å². The largest absolute Gasteiger partial charge is 0.359 e. The molecular formula is C13H19N5. The minimum atomic E-state index is 0.424. The van der Waals surface area contributed by atoms with Gasteiger partial charge in [-0.1, -0.05) is 0 Å². The van der Waals surface area contributed by atoms with E-state index in [1.165, 1.54) is 25.7 Å². The molecule has 2 heterocycles. The smallest absolute Gasteiger partial charge is 0.145 e. The minimum Gasteiger partial charge on any atom is -0.359 e. The third-order valence-electron chi connectivity index (χ3n) is 3.41. The fourth-order valence-corrected chi connectivity index (χ4v) is 2.52. The molecule has 1 aromatic rings. The number of piperidine rings is 1. The maximum absolute atomic E-state index is 8.83. The van der Waals surface area contributed by atoms with Crippen LogP contribution in [0.15, 0.2) is 12.4 Å². The van der Waals surface area contributed by atoms with Gasteiger partial charge in [0.2, 0.25) is 0 Å². The number of nitrogens with zero attached hydrogens (tertiary/aromatic N) is 5. The molecule has 0 N–H and O–H groups in total. The molecular weight excluding hydrogens is 226 g/mol. The topological polar surface area (TPSA) is 56.0 Å². The van der Waals surface area contributed by atoms with Crippen molar-refractivity contribution >= 4 is 5.82 Å². The van der Waals surface area contributed by atoms with E-state index in [4.69, 9.17) is 5.26 Å². The summed E-state index contributed by atoms with van der Waals surface area (Å²) in [5.41, 5.74) is 0.424. The average Bonchev–Trinajstić information content (AvgIpc) is 2.39. The van der Waals surface area contributed by atoms with Gasteiger partial charge in [-0.25, -0.2) is 9.97 Å². The zero-order valence-corrected chi connectivity index (χ0v) is 11.0. The highest BCUT2D eigenvalue weighted by molar-refractivity contribution is 5.41. The van der Waals surface area contributed by atoms with Crippen molar-refractivity contribution in [2.75, 3.05) is 38.6 Å². The molecule has 1 aliphatic rings. The van der Waals surface area contributed by atoms with Crippen LogP contribution in [0, 0.1) is 17.2 Å². The van der Waals surface area contributed by atoms with Crippen LogP contribution in [-0.2, 0) is 0 Å². The summed E-state index contributed by atoms with van der Waals surface area (Å²) in [6, 6.07) is 3.79. The molecule has 0 amide bonds. The first-order chi connectivity index (χ1) is 8.69. The Bertz CT molecular complexity index is 439. The molecule has 0 aromatic carbocycles. The Kier molecular flexibility index (Phi) is 4.11. The minimum absolute atomic E-state index is 0.424. The lowest BCUT2D eigenvalue weighted by atomic mass is 9.98. The van der Waals surface area contributed by atoms with Crippen molar-refractivity contribution in [1.82, 2.24) is 14.9 Å². The van der Waals surface area contributed by atoms with Gasteiger partial charge in [0.25, 0.3) is 0 Å². The SMILES string of the molecule is CN1CCCC(CN(C)c2cc(C#N)ncn2)C1. The summed E-state index contributed by atoms with van der Waals surface area (Å²) in [6.07, 6.45) is 3.99. The first kappa shape index (κ1) is 12.8. The molecule has 1 atom stereocenters. The second-order valence-electron chi connectivity index (χ2n) is 5.02. The van der Waals surface area contributed by atoms with Crippen molar-refractivity contribution in [3.63, 3.8) is 0 Å². The lowest BCUT2D eigenvalue weighted by Crippen LogP contribution is -2.38. The van der Waals surface area contributed by atoms with Crippen LogP contribution in [0.3, 0.4) is 0 Å². The van der Waals surface area contributed by atoms with Gasteiger partial charge in [0.05, 0.1) is 0 Å². The lowest BCUT2D eigenvalue weighted by molar-refractivity contribution is 0.213. The number of nitriles is 1. The number of hydrogen-bond donors (Lipinski definition) is 0. The van der Waals surface area contributed by atoms with Crippen LogP contribution in [0.2, 0.25) is 0 Å². The van der Waals surface area contributed by atoms with Crippen molar-refractivity contribution in [2.45, 2.75) is 12.8 Å². The lowest BCUT2D eigenvalue weighted by Gasteiger charge is -2.32. The van der Waals surface area contributed by atoms with Gasteiger partial charge in [0, 0.05) is 26.2 Å². The third kappa shape index (κ3) is 3.17. The summed E-state index contributed by atoms with van der Waals surface area (Å²) in [5.74, 6) is 1.50. The molecule has 5 nitrogen and oxygen atoms in total. The monoisotopic (exact) mass is 245 g/mol. The first-order valence-electron chi connectivity index (χ1n) is 6.31. The second-order valence-corrected chi connectivity index (χ2v) is 5.02. The summed E-state index contributed by atoms with van der Waals surface area (Å²) < 4.78 is 0. The molecule has 2 rings (SSSR count). The maximum atomic E-state index is 8.83. The highest BCUT2D eigenvalue weighted by Crippen LogP contribution is 2.18. The van der Waals surface area contributed by atoms with Gasteiger partial charge in [0.15, 0.2) is 0 Å². The van der Waals surface area contributed by atoms with Gasteiger partial charge in [-0.15, -0.1) is 0 Å². The Morgan fingerprint density at radius 1 is 1.56 bits per heavy atom. The molecule has 0 spiro atoms. The maximum Gasteiger partial charge on any atom is 0.145 e. The fourth-order valence-electron chi connectivity index (χ4n) is 2.52. The van der Waals surface area contributed by atoms with E-state index in [2.05, 4.69) is 26.8 Å². The van der Waals surface area contributed by atoms with Gasteiger partial charge < -0.3 is 9.80 Å². The van der Waals surface area contributed by atoms with Gasteiger partial charge >= 0.3 is 0 Å². The number of likely N-dealkylation sites (tertiary alicyclic amines) is 1. The molecule has 0 bridgehead atoms. The van der Waals surface area contributed by atoms with Crippen LogP contribution in [0.4, 0.5) is 5.82 Å². The van der Waals surface area contributed by atoms with Crippen LogP contribution in [-0.4, -0.2) is 48.6 Å². The molecule has 1 fully saturated rings. The zero-order chi connectivity index (χ0) is 13.0. The highest BCUT2D eigenvalue weighted by Gasteiger charge is 2.19. The van der Waals surface area contributed by atoms with E-state index < -0.39 is 0 Å². The normalized spacial score (nSPS) is 20.4. The standard InChI is InChI=1S/C13H19N5/c1-17-5-3-4-11(8-17)9-18(2)13-6-12(7-14)15-10-16-13/h6,10-11H,3-5,8-9H2,1-2H3. The van der Waals surface area contributed by atoms with Gasteiger partial charge in [0.1, 0.15) is 23.9 Å². The van der Waals surface area contributed by atoms with Crippen molar-refractivity contribution in [1.29, 1.82) is 5.26 Å². The summed E-state index contributed by atoms with van der Waals surface area (Å²) in [4.78, 5) is 12.6. The third-order valence-corrected chi connectivity index (χ3v) is 3.41. The van der Waals surface area contributed by atoms with Crippen LogP contribution >= 0.6 is 0 Å². The van der Waals surface area contributed by atoms with Gasteiger partial charge in [-0.2, -0.15) is 5.26 Å². The molecule has 0 aliphatic carbocycles. The van der Waals surface area contributed by atoms with Crippen LogP contribution in [0.5, 0.6) is 0 Å². The summed E-state index contributed by atoms with van der Waals surface area (Å²) in [6.45, 7) is 3.32. The fraction of sp³-hybridized carbons (Fsp3) is 0.615. The summed E-state index contributed by atoms with van der Waals surface area (Å²) >= 11 is 0. The number of aromatic nitrogens is 2. The Balaban J connectivity index is 1.98. The number of rotatable bonds is 3. The molecule has 96 valence electrons. The van der Waals surface area contributed by atoms with E-state index in [0.29, 0.717) is 11.6 Å². The predicted octanol–water partition coefficient (Wildman–Crippen LogP) is 1.13. The van der Waals surface area contributed by atoms with E-state index in [-0.39, 0.29) is 0 Å². The van der Waals surface area contributed by atoms with Crippen molar-refractivity contribution in [3.8, 4) is 6.07 Å². The Morgan fingerprint density at radius 2 is 2.39 bits per heavy atom. The van der Waals surface area contributed by atoms with Crippen LogP contribution < -0.4 is 4.90 Å². The Hall–Kier alpha value is -1.67. The van der Waals surface area contributed by atoms with E-state index >= 15 is 0 Å².